The standard InChI is InChI=1S/C17H27N3O2S.2C2HF3O2/c1-13(2)20-9-15(17(21)22)8-19-5-4-18(10-16(19)11-20)7-14-3-6-23-12-14;2*3-2(4,5)1(6)7/h3,6,12-13,15-16H,4-5,7-11H2,1-2H3,(H,21,22);2*(H,6,7). The van der Waals surface area contributed by atoms with Gasteiger partial charge in [-0.1, -0.05) is 0 Å². The molecule has 2 fully saturated rings. The summed E-state index contributed by atoms with van der Waals surface area (Å²) in [6.45, 7) is 10.7. The van der Waals surface area contributed by atoms with Gasteiger partial charge in [0.25, 0.3) is 0 Å². The molecule has 2 unspecified atom stereocenters. The van der Waals surface area contributed by atoms with Crippen molar-refractivity contribution < 1.29 is 56.0 Å². The number of hydrogen-bond acceptors (Lipinski definition) is 7. The highest BCUT2D eigenvalue weighted by Gasteiger charge is 2.39. The molecule has 37 heavy (non-hydrogen) atoms. The van der Waals surface area contributed by atoms with E-state index in [2.05, 4.69) is 45.4 Å². The highest BCUT2D eigenvalue weighted by atomic mass is 32.1. The minimum absolute atomic E-state index is 0.272. The normalized spacial score (nSPS) is 21.5. The van der Waals surface area contributed by atoms with Crippen molar-refractivity contribution in [2.75, 3.05) is 39.3 Å². The Labute approximate surface area is 212 Å². The monoisotopic (exact) mass is 565 g/mol. The molecule has 0 aromatic carbocycles. The molecule has 2 aliphatic heterocycles. The van der Waals surface area contributed by atoms with Gasteiger partial charge in [0, 0.05) is 57.9 Å². The lowest BCUT2D eigenvalue weighted by Gasteiger charge is -2.41. The fourth-order valence-corrected chi connectivity index (χ4v) is 4.36. The number of carbonyl (C=O) groups is 3. The van der Waals surface area contributed by atoms with Gasteiger partial charge in [-0.2, -0.15) is 37.7 Å². The van der Waals surface area contributed by atoms with Crippen LogP contribution in [0.4, 0.5) is 26.3 Å². The molecule has 3 N–H and O–H groups in total. The van der Waals surface area contributed by atoms with Crippen LogP contribution in [0.25, 0.3) is 0 Å². The Morgan fingerprint density at radius 2 is 1.49 bits per heavy atom. The van der Waals surface area contributed by atoms with Crippen LogP contribution < -0.4 is 0 Å². The van der Waals surface area contributed by atoms with Crippen LogP contribution in [0.1, 0.15) is 19.4 Å². The molecule has 2 saturated heterocycles. The third kappa shape index (κ3) is 11.7. The number of nitrogens with zero attached hydrogens (tertiary/aromatic N) is 3. The summed E-state index contributed by atoms with van der Waals surface area (Å²) in [5.41, 5.74) is 1.39. The Hall–Kier alpha value is -2.43. The molecule has 0 radical (unpaired) electrons. The summed E-state index contributed by atoms with van der Waals surface area (Å²) in [5.74, 6) is -6.44. The van der Waals surface area contributed by atoms with E-state index in [9.17, 15) is 36.2 Å². The average molecular weight is 566 g/mol. The quantitative estimate of drug-likeness (QED) is 0.473. The van der Waals surface area contributed by atoms with E-state index in [1.165, 1.54) is 5.56 Å². The summed E-state index contributed by atoms with van der Waals surface area (Å²) in [5, 5.41) is 28.1. The number of aliphatic carboxylic acids is 3. The Morgan fingerprint density at radius 3 is 1.89 bits per heavy atom. The number of halogens is 6. The highest BCUT2D eigenvalue weighted by Crippen LogP contribution is 2.22. The zero-order valence-corrected chi connectivity index (χ0v) is 20.8. The zero-order valence-electron chi connectivity index (χ0n) is 20.0. The second-order valence-corrected chi connectivity index (χ2v) is 9.48. The third-order valence-corrected chi connectivity index (χ3v) is 6.33. The molecule has 212 valence electrons. The minimum Gasteiger partial charge on any atom is -0.481 e. The van der Waals surface area contributed by atoms with E-state index in [0.29, 0.717) is 25.2 Å². The van der Waals surface area contributed by atoms with Crippen LogP contribution in [-0.2, 0) is 20.9 Å². The van der Waals surface area contributed by atoms with Gasteiger partial charge in [-0.3, -0.25) is 19.5 Å². The van der Waals surface area contributed by atoms with Crippen molar-refractivity contribution in [2.24, 2.45) is 5.92 Å². The van der Waals surface area contributed by atoms with Crippen LogP contribution in [0, 0.1) is 5.92 Å². The lowest BCUT2D eigenvalue weighted by molar-refractivity contribution is -0.193. The molecule has 3 heterocycles. The topological polar surface area (TPSA) is 122 Å². The number of carboxylic acids is 3. The van der Waals surface area contributed by atoms with Gasteiger partial charge in [-0.05, 0) is 36.2 Å². The smallest absolute Gasteiger partial charge is 0.481 e. The largest absolute Gasteiger partial charge is 0.490 e. The molecule has 9 nitrogen and oxygen atoms in total. The number of alkyl halides is 6. The maximum absolute atomic E-state index is 11.6. The maximum atomic E-state index is 11.6. The zero-order chi connectivity index (χ0) is 28.6. The number of carboxylic acid groups (broad SMARTS) is 3. The number of thiophene rings is 1. The third-order valence-electron chi connectivity index (χ3n) is 5.59. The van der Waals surface area contributed by atoms with Crippen molar-refractivity contribution in [1.29, 1.82) is 0 Å². The van der Waals surface area contributed by atoms with Crippen LogP contribution in [0.15, 0.2) is 16.8 Å². The molecule has 0 amide bonds. The van der Waals surface area contributed by atoms with Gasteiger partial charge in [-0.25, -0.2) is 9.59 Å². The van der Waals surface area contributed by atoms with Crippen molar-refractivity contribution in [3.63, 3.8) is 0 Å². The Balaban J connectivity index is 0.000000404. The SMILES string of the molecule is CC(C)N1CC(C(=O)O)CN2CCN(Cc3ccsc3)CC2C1.O=C(O)C(F)(F)F.O=C(O)C(F)(F)F. The Kier molecular flexibility index (Phi) is 12.3. The van der Waals surface area contributed by atoms with Crippen LogP contribution in [-0.4, -0.2) is 112 Å². The van der Waals surface area contributed by atoms with Crippen LogP contribution in [0.5, 0.6) is 0 Å². The van der Waals surface area contributed by atoms with E-state index in [1.54, 1.807) is 11.3 Å². The first-order chi connectivity index (χ1) is 16.9. The molecule has 2 aliphatic rings. The Bertz CT molecular complexity index is 857. The number of piperazine rings is 1. The summed E-state index contributed by atoms with van der Waals surface area (Å²) in [4.78, 5) is 36.6. The van der Waals surface area contributed by atoms with E-state index in [-0.39, 0.29) is 5.92 Å². The second-order valence-electron chi connectivity index (χ2n) is 8.70. The molecule has 0 spiro atoms. The van der Waals surface area contributed by atoms with Gasteiger partial charge < -0.3 is 15.3 Å². The van der Waals surface area contributed by atoms with Crippen molar-refractivity contribution in [1.82, 2.24) is 14.7 Å². The van der Waals surface area contributed by atoms with Crippen LogP contribution >= 0.6 is 11.3 Å². The van der Waals surface area contributed by atoms with Gasteiger partial charge in [0.05, 0.1) is 5.92 Å². The predicted molar refractivity (Wildman–Crippen MR) is 120 cm³/mol. The van der Waals surface area contributed by atoms with Gasteiger partial charge in [0.15, 0.2) is 0 Å². The summed E-state index contributed by atoms with van der Waals surface area (Å²) >= 11 is 1.75. The first kappa shape index (κ1) is 32.6. The van der Waals surface area contributed by atoms with Crippen LogP contribution in [0.3, 0.4) is 0 Å². The maximum Gasteiger partial charge on any atom is 0.490 e. The molecule has 1 aromatic rings. The van der Waals surface area contributed by atoms with E-state index in [1.807, 2.05) is 0 Å². The summed E-state index contributed by atoms with van der Waals surface area (Å²) < 4.78 is 63.5. The first-order valence-corrected chi connectivity index (χ1v) is 11.9. The van der Waals surface area contributed by atoms with E-state index >= 15 is 0 Å². The minimum atomic E-state index is -5.08. The lowest BCUT2D eigenvalue weighted by atomic mass is 10.1. The summed E-state index contributed by atoms with van der Waals surface area (Å²) in [6, 6.07) is 3.03. The van der Waals surface area contributed by atoms with E-state index < -0.39 is 30.3 Å². The second kappa shape index (κ2) is 13.9. The van der Waals surface area contributed by atoms with Crippen molar-refractivity contribution in [3.05, 3.63) is 22.4 Å². The van der Waals surface area contributed by atoms with Crippen molar-refractivity contribution in [3.8, 4) is 0 Å². The number of hydrogen-bond donors (Lipinski definition) is 3. The average Bonchev–Trinajstić information content (AvgIpc) is 3.18. The van der Waals surface area contributed by atoms with Crippen molar-refractivity contribution >= 4 is 29.2 Å². The molecule has 0 aliphatic carbocycles. The number of rotatable bonds is 4. The first-order valence-electron chi connectivity index (χ1n) is 11.0. The molecule has 3 rings (SSSR count). The molecular weight excluding hydrogens is 536 g/mol. The fraction of sp³-hybridized carbons (Fsp3) is 0.667. The molecule has 16 heteroatoms. The highest BCUT2D eigenvalue weighted by molar-refractivity contribution is 7.07. The Morgan fingerprint density at radius 1 is 0.946 bits per heavy atom. The summed E-state index contributed by atoms with van der Waals surface area (Å²) in [7, 11) is 0. The van der Waals surface area contributed by atoms with E-state index in [4.69, 9.17) is 19.8 Å². The van der Waals surface area contributed by atoms with Gasteiger partial charge in [-0.15, -0.1) is 0 Å². The molecule has 0 bridgehead atoms. The lowest BCUT2D eigenvalue weighted by Crippen LogP contribution is -2.56. The molecule has 0 saturated carbocycles. The van der Waals surface area contributed by atoms with Gasteiger partial charge in [0.2, 0.25) is 0 Å². The number of fused-ring (bicyclic) bond motifs is 1. The fourth-order valence-electron chi connectivity index (χ4n) is 3.70. The van der Waals surface area contributed by atoms with E-state index in [0.717, 1.165) is 32.7 Å². The summed E-state index contributed by atoms with van der Waals surface area (Å²) in [6.07, 6.45) is -10.2. The van der Waals surface area contributed by atoms with Crippen LogP contribution in [0.2, 0.25) is 0 Å². The van der Waals surface area contributed by atoms with Gasteiger partial charge >= 0.3 is 30.3 Å². The molecule has 2 atom stereocenters. The van der Waals surface area contributed by atoms with Gasteiger partial charge in [0.1, 0.15) is 0 Å². The van der Waals surface area contributed by atoms with Crippen molar-refractivity contribution in [2.45, 2.75) is 44.8 Å². The predicted octanol–water partition coefficient (Wildman–Crippen LogP) is 2.93. The molecular formula is C21H29F6N3O6S. The molecule has 1 aromatic heterocycles.